The zero-order valence-corrected chi connectivity index (χ0v) is 5.61. The molecule has 0 bridgehead atoms. The summed E-state index contributed by atoms with van der Waals surface area (Å²) in [6.07, 6.45) is 0. The SMILES string of the molecule is [B]1Nc2ccccc2S1. The molecule has 0 spiro atoms. The van der Waals surface area contributed by atoms with Gasteiger partial charge >= 0.3 is 6.69 Å². The van der Waals surface area contributed by atoms with Crippen LogP contribution < -0.4 is 5.23 Å². The number of rotatable bonds is 0. The van der Waals surface area contributed by atoms with E-state index in [4.69, 9.17) is 0 Å². The maximum absolute atomic E-state index is 3.14. The van der Waals surface area contributed by atoms with E-state index in [9.17, 15) is 0 Å². The fraction of sp³-hybridized carbons (Fsp3) is 0. The van der Waals surface area contributed by atoms with Gasteiger partial charge in [0.2, 0.25) is 0 Å². The summed E-state index contributed by atoms with van der Waals surface area (Å²) in [5.74, 6) is 0. The lowest BCUT2D eigenvalue weighted by Crippen LogP contribution is -1.91. The van der Waals surface area contributed by atoms with Crippen molar-refractivity contribution in [3.8, 4) is 0 Å². The molecule has 0 saturated heterocycles. The quantitative estimate of drug-likeness (QED) is 0.542. The van der Waals surface area contributed by atoms with Crippen LogP contribution in [-0.2, 0) is 0 Å². The average Bonchev–Trinajstić information content (AvgIpc) is 2.33. The molecule has 1 N–H and O–H groups in total. The second kappa shape index (κ2) is 1.99. The maximum Gasteiger partial charge on any atom is 0.328 e. The van der Waals surface area contributed by atoms with Crippen LogP contribution in [0.3, 0.4) is 0 Å². The van der Waals surface area contributed by atoms with Crippen molar-refractivity contribution in [3.63, 3.8) is 0 Å². The fourth-order valence-electron chi connectivity index (χ4n) is 0.845. The molecule has 1 aliphatic rings. The van der Waals surface area contributed by atoms with E-state index >= 15 is 0 Å². The molecule has 0 aliphatic carbocycles. The molecule has 0 aromatic heterocycles. The largest absolute Gasteiger partial charge is 0.421 e. The van der Waals surface area contributed by atoms with Gasteiger partial charge in [0.05, 0.1) is 0 Å². The summed E-state index contributed by atoms with van der Waals surface area (Å²) >= 11 is 1.73. The highest BCUT2D eigenvalue weighted by Crippen LogP contribution is 2.30. The van der Waals surface area contributed by atoms with E-state index in [1.165, 1.54) is 10.6 Å². The molecule has 0 amide bonds. The minimum Gasteiger partial charge on any atom is -0.421 e. The number of hydrogen-bond donors (Lipinski definition) is 1. The van der Waals surface area contributed by atoms with Crippen LogP contribution >= 0.6 is 11.6 Å². The van der Waals surface area contributed by atoms with E-state index < -0.39 is 0 Å². The lowest BCUT2D eigenvalue weighted by molar-refractivity contribution is 1.48. The molecule has 2 rings (SSSR count). The van der Waals surface area contributed by atoms with Crippen LogP contribution in [0.5, 0.6) is 0 Å². The van der Waals surface area contributed by atoms with Gasteiger partial charge in [-0.2, -0.15) is 11.6 Å². The molecule has 0 unspecified atom stereocenters. The van der Waals surface area contributed by atoms with Crippen molar-refractivity contribution in [2.75, 3.05) is 5.23 Å². The third-order valence-electron chi connectivity index (χ3n) is 1.29. The predicted octanol–water partition coefficient (Wildman–Crippen LogP) is 1.74. The number of anilines is 1. The van der Waals surface area contributed by atoms with Crippen molar-refractivity contribution in [2.45, 2.75) is 4.90 Å². The Balaban J connectivity index is 2.54. The third kappa shape index (κ3) is 0.813. The summed E-state index contributed by atoms with van der Waals surface area (Å²) in [5, 5.41) is 3.14. The molecule has 1 aromatic carbocycles. The Hall–Kier alpha value is -0.565. The van der Waals surface area contributed by atoms with Gasteiger partial charge in [0.25, 0.3) is 0 Å². The van der Waals surface area contributed by atoms with Gasteiger partial charge in [-0.15, -0.1) is 0 Å². The van der Waals surface area contributed by atoms with Crippen molar-refractivity contribution in [3.05, 3.63) is 24.3 Å². The number of nitrogens with one attached hydrogen (secondary N) is 1. The summed E-state index contributed by atoms with van der Waals surface area (Å²) in [7, 11) is 0. The second-order valence-electron chi connectivity index (χ2n) is 1.88. The molecule has 1 radical (unpaired) electrons. The fourth-order valence-corrected chi connectivity index (χ4v) is 1.57. The summed E-state index contributed by atoms with van der Waals surface area (Å²) in [4.78, 5) is 1.32. The number of benzene rings is 1. The molecular formula is C6H5BNS. The predicted molar refractivity (Wildman–Crippen MR) is 41.7 cm³/mol. The molecule has 1 nitrogen and oxygen atoms in total. The maximum atomic E-state index is 3.14. The standard InChI is InChI=1S/C6H5BNS/c1-2-4-6-5(3-1)8-7-9-6/h1-4,8H. The second-order valence-corrected chi connectivity index (χ2v) is 2.79. The minimum absolute atomic E-state index is 1.22. The molecule has 9 heavy (non-hydrogen) atoms. The average molecular weight is 134 g/mol. The molecule has 43 valence electrons. The zero-order valence-electron chi connectivity index (χ0n) is 4.79. The molecule has 1 aromatic rings. The topological polar surface area (TPSA) is 12.0 Å². The lowest BCUT2D eigenvalue weighted by Gasteiger charge is -1.94. The molecule has 0 saturated carbocycles. The van der Waals surface area contributed by atoms with Crippen LogP contribution in [0, 0.1) is 0 Å². The van der Waals surface area contributed by atoms with Gasteiger partial charge in [-0.3, -0.25) is 0 Å². The first-order valence-electron chi connectivity index (χ1n) is 2.81. The summed E-state index contributed by atoms with van der Waals surface area (Å²) in [5.41, 5.74) is 1.22. The minimum atomic E-state index is 1.22. The van der Waals surface area contributed by atoms with Gasteiger partial charge in [-0.1, -0.05) is 12.1 Å². The lowest BCUT2D eigenvalue weighted by atomic mass is 10.3. The molecule has 0 fully saturated rings. The smallest absolute Gasteiger partial charge is 0.328 e. The molecular weight excluding hydrogens is 129 g/mol. The molecule has 3 heteroatoms. The normalized spacial score (nSPS) is 13.8. The van der Waals surface area contributed by atoms with E-state index in [2.05, 4.69) is 17.4 Å². The van der Waals surface area contributed by atoms with Crippen molar-refractivity contribution >= 4 is 24.0 Å². The van der Waals surface area contributed by atoms with E-state index in [1.54, 1.807) is 11.6 Å². The van der Waals surface area contributed by atoms with Crippen molar-refractivity contribution < 1.29 is 0 Å². The monoisotopic (exact) mass is 134 g/mol. The van der Waals surface area contributed by atoms with Crippen LogP contribution in [0.4, 0.5) is 5.69 Å². The Morgan fingerprint density at radius 3 is 3.11 bits per heavy atom. The Morgan fingerprint density at radius 2 is 2.22 bits per heavy atom. The van der Waals surface area contributed by atoms with Gasteiger partial charge in [-0.25, -0.2) is 0 Å². The first-order chi connectivity index (χ1) is 4.47. The highest BCUT2D eigenvalue weighted by molar-refractivity contribution is 8.23. The van der Waals surface area contributed by atoms with Crippen molar-refractivity contribution in [2.24, 2.45) is 0 Å². The Labute approximate surface area is 59.0 Å². The van der Waals surface area contributed by atoms with Gasteiger partial charge in [-0.05, 0) is 12.1 Å². The molecule has 1 heterocycles. The van der Waals surface area contributed by atoms with Crippen LogP contribution in [-0.4, -0.2) is 6.69 Å². The first kappa shape index (κ1) is 5.24. The zero-order chi connectivity index (χ0) is 6.10. The number of hydrogen-bond acceptors (Lipinski definition) is 2. The number of para-hydroxylation sites is 1. The van der Waals surface area contributed by atoms with Crippen LogP contribution in [0.2, 0.25) is 0 Å². The van der Waals surface area contributed by atoms with E-state index in [1.807, 2.05) is 18.8 Å². The van der Waals surface area contributed by atoms with Crippen LogP contribution in [0.25, 0.3) is 0 Å². The summed E-state index contributed by atoms with van der Waals surface area (Å²) < 4.78 is 0. The van der Waals surface area contributed by atoms with E-state index in [-0.39, 0.29) is 0 Å². The van der Waals surface area contributed by atoms with Gasteiger partial charge in [0, 0.05) is 10.6 Å². The molecule has 0 atom stereocenters. The van der Waals surface area contributed by atoms with Crippen LogP contribution in [0.1, 0.15) is 0 Å². The Morgan fingerprint density at radius 1 is 1.33 bits per heavy atom. The van der Waals surface area contributed by atoms with Gasteiger partial charge in [0.1, 0.15) is 0 Å². The summed E-state index contributed by atoms with van der Waals surface area (Å²) in [6, 6.07) is 8.26. The van der Waals surface area contributed by atoms with Crippen LogP contribution in [0.15, 0.2) is 29.2 Å². The van der Waals surface area contributed by atoms with Gasteiger partial charge < -0.3 is 5.23 Å². The highest BCUT2D eigenvalue weighted by atomic mass is 32.2. The van der Waals surface area contributed by atoms with Gasteiger partial charge in [0.15, 0.2) is 0 Å². The Bertz CT molecular complexity index is 203. The number of fused-ring (bicyclic) bond motifs is 1. The highest BCUT2D eigenvalue weighted by Gasteiger charge is 2.08. The molecule has 1 aliphatic heterocycles. The Kier molecular flexibility index (Phi) is 1.16. The van der Waals surface area contributed by atoms with Crippen molar-refractivity contribution in [1.82, 2.24) is 0 Å². The van der Waals surface area contributed by atoms with E-state index in [0.717, 1.165) is 0 Å². The van der Waals surface area contributed by atoms with Crippen molar-refractivity contribution in [1.29, 1.82) is 0 Å². The third-order valence-corrected chi connectivity index (χ3v) is 2.13. The summed E-state index contributed by atoms with van der Waals surface area (Å²) in [6.45, 7) is 1.99. The van der Waals surface area contributed by atoms with E-state index in [0.29, 0.717) is 0 Å². The first-order valence-corrected chi connectivity index (χ1v) is 3.69.